The van der Waals surface area contributed by atoms with Gasteiger partial charge in [-0.25, -0.2) is 9.97 Å². The van der Waals surface area contributed by atoms with Crippen molar-refractivity contribution in [3.63, 3.8) is 0 Å². The lowest BCUT2D eigenvalue weighted by Gasteiger charge is -2.33. The molecule has 188 valence electrons. The van der Waals surface area contributed by atoms with Gasteiger partial charge in [-0.1, -0.05) is 0 Å². The van der Waals surface area contributed by atoms with E-state index in [4.69, 9.17) is 9.97 Å². The van der Waals surface area contributed by atoms with Crippen LogP contribution in [-0.4, -0.2) is 86.2 Å². The van der Waals surface area contributed by atoms with Gasteiger partial charge in [-0.3, -0.25) is 15.0 Å². The third-order valence-electron chi connectivity index (χ3n) is 7.69. The molecule has 2 saturated heterocycles. The second kappa shape index (κ2) is 9.24. The molecule has 0 aliphatic carbocycles. The van der Waals surface area contributed by atoms with E-state index in [1.807, 2.05) is 30.7 Å². The van der Waals surface area contributed by atoms with Crippen molar-refractivity contribution in [2.75, 3.05) is 51.2 Å². The van der Waals surface area contributed by atoms with Gasteiger partial charge in [0.15, 0.2) is 0 Å². The standard InChI is InChI=1S/C28H31N9/c1-35-10-12-37(13-11-35)28-21-15-25(31-23(21)6-7-30-28)27-26-24(33-34-27)5-4-22(32-26)20-14-19(16-29-17-20)18-36-8-2-3-9-36/h4-7,14-17,31H,2-3,8-13,18H2,1H3,(H,33,34). The highest BCUT2D eigenvalue weighted by atomic mass is 15.3. The SMILES string of the molecule is CN1CCN(c2nccc3[nH]c(-c4n[nH]c5ccc(-c6cncc(CN7CCCC7)c6)nc45)cc23)CC1. The minimum Gasteiger partial charge on any atom is -0.353 e. The van der Waals surface area contributed by atoms with Crippen molar-refractivity contribution in [3.8, 4) is 22.6 Å². The first-order chi connectivity index (χ1) is 18.2. The summed E-state index contributed by atoms with van der Waals surface area (Å²) in [7, 11) is 2.17. The van der Waals surface area contributed by atoms with Crippen LogP contribution in [0.3, 0.4) is 0 Å². The zero-order valence-electron chi connectivity index (χ0n) is 21.1. The summed E-state index contributed by atoms with van der Waals surface area (Å²) in [6, 6.07) is 10.5. The van der Waals surface area contributed by atoms with Gasteiger partial charge in [-0.15, -0.1) is 0 Å². The molecule has 7 heterocycles. The van der Waals surface area contributed by atoms with Crippen molar-refractivity contribution in [2.24, 2.45) is 0 Å². The van der Waals surface area contributed by atoms with Crippen molar-refractivity contribution < 1.29 is 0 Å². The van der Waals surface area contributed by atoms with Gasteiger partial charge in [0.25, 0.3) is 0 Å². The van der Waals surface area contributed by atoms with Gasteiger partial charge in [0.05, 0.1) is 22.4 Å². The summed E-state index contributed by atoms with van der Waals surface area (Å²) >= 11 is 0. The summed E-state index contributed by atoms with van der Waals surface area (Å²) in [6.07, 6.45) is 8.33. The summed E-state index contributed by atoms with van der Waals surface area (Å²) in [4.78, 5) is 25.1. The Morgan fingerprint density at radius 1 is 0.919 bits per heavy atom. The normalized spacial score (nSPS) is 17.4. The maximum absolute atomic E-state index is 5.05. The largest absolute Gasteiger partial charge is 0.353 e. The van der Waals surface area contributed by atoms with Gasteiger partial charge in [0.1, 0.15) is 17.0 Å². The predicted octanol–water partition coefficient (Wildman–Crippen LogP) is 3.91. The lowest BCUT2D eigenvalue weighted by molar-refractivity contribution is 0.312. The molecule has 5 aromatic rings. The number of hydrogen-bond donors (Lipinski definition) is 2. The number of rotatable bonds is 5. The van der Waals surface area contributed by atoms with Crippen molar-refractivity contribution in [1.82, 2.24) is 39.9 Å². The lowest BCUT2D eigenvalue weighted by Crippen LogP contribution is -2.44. The fraction of sp³-hybridized carbons (Fsp3) is 0.357. The van der Waals surface area contributed by atoms with Crippen LogP contribution in [0, 0.1) is 0 Å². The third kappa shape index (κ3) is 4.24. The molecule has 0 atom stereocenters. The summed E-state index contributed by atoms with van der Waals surface area (Å²) in [5, 5.41) is 8.94. The van der Waals surface area contributed by atoms with Crippen LogP contribution in [0.2, 0.25) is 0 Å². The molecule has 9 heteroatoms. The molecule has 2 fully saturated rings. The van der Waals surface area contributed by atoms with Crippen molar-refractivity contribution in [2.45, 2.75) is 19.4 Å². The average Bonchev–Trinajstić information content (AvgIpc) is 3.68. The topological polar surface area (TPSA) is 92.9 Å². The van der Waals surface area contributed by atoms with Crippen molar-refractivity contribution in [1.29, 1.82) is 0 Å². The summed E-state index contributed by atoms with van der Waals surface area (Å²) in [5.41, 5.74) is 7.75. The molecule has 2 aliphatic heterocycles. The first-order valence-electron chi connectivity index (χ1n) is 13.1. The molecule has 0 aromatic carbocycles. The van der Waals surface area contributed by atoms with Crippen LogP contribution in [0.4, 0.5) is 5.82 Å². The molecule has 2 N–H and O–H groups in total. The van der Waals surface area contributed by atoms with Gasteiger partial charge >= 0.3 is 0 Å². The number of nitrogens with zero attached hydrogens (tertiary/aromatic N) is 7. The number of hydrogen-bond acceptors (Lipinski definition) is 7. The van der Waals surface area contributed by atoms with Gasteiger partial charge in [-0.2, -0.15) is 5.10 Å². The first-order valence-corrected chi connectivity index (χ1v) is 13.1. The minimum absolute atomic E-state index is 0.818. The predicted molar refractivity (Wildman–Crippen MR) is 146 cm³/mol. The lowest BCUT2D eigenvalue weighted by atomic mass is 10.1. The number of likely N-dealkylation sites (N-methyl/N-ethyl adjacent to an activating group) is 1. The Morgan fingerprint density at radius 2 is 1.78 bits per heavy atom. The molecular weight excluding hydrogens is 462 g/mol. The molecule has 5 aromatic heterocycles. The second-order valence-corrected chi connectivity index (χ2v) is 10.3. The fourth-order valence-electron chi connectivity index (χ4n) is 5.60. The van der Waals surface area contributed by atoms with Crippen molar-refractivity contribution in [3.05, 3.63) is 54.5 Å². The molecule has 0 amide bonds. The quantitative estimate of drug-likeness (QED) is 0.383. The van der Waals surface area contributed by atoms with Crippen LogP contribution in [-0.2, 0) is 6.54 Å². The molecule has 0 spiro atoms. The zero-order chi connectivity index (χ0) is 24.8. The molecule has 0 bridgehead atoms. The molecule has 0 saturated carbocycles. The van der Waals surface area contributed by atoms with Crippen LogP contribution in [0.5, 0.6) is 0 Å². The Kier molecular flexibility index (Phi) is 5.59. The van der Waals surface area contributed by atoms with E-state index < -0.39 is 0 Å². The molecule has 7 rings (SSSR count). The maximum Gasteiger partial charge on any atom is 0.138 e. The van der Waals surface area contributed by atoms with Crippen LogP contribution in [0.15, 0.2) is 48.9 Å². The van der Waals surface area contributed by atoms with Crippen LogP contribution >= 0.6 is 0 Å². The van der Waals surface area contributed by atoms with E-state index in [0.717, 1.165) is 83.1 Å². The molecular formula is C28H31N9. The van der Waals surface area contributed by atoms with Gasteiger partial charge in [0, 0.05) is 62.3 Å². The van der Waals surface area contributed by atoms with Crippen molar-refractivity contribution >= 4 is 27.8 Å². The van der Waals surface area contributed by atoms with E-state index in [1.54, 1.807) is 0 Å². The average molecular weight is 494 g/mol. The Bertz CT molecular complexity index is 1550. The Morgan fingerprint density at radius 3 is 2.65 bits per heavy atom. The first kappa shape index (κ1) is 22.4. The Balaban J connectivity index is 1.24. The third-order valence-corrected chi connectivity index (χ3v) is 7.69. The zero-order valence-corrected chi connectivity index (χ0v) is 21.1. The second-order valence-electron chi connectivity index (χ2n) is 10.3. The summed E-state index contributed by atoms with van der Waals surface area (Å²) < 4.78 is 0. The fourth-order valence-corrected chi connectivity index (χ4v) is 5.60. The number of likely N-dealkylation sites (tertiary alicyclic amines) is 1. The highest BCUT2D eigenvalue weighted by Crippen LogP contribution is 2.33. The summed E-state index contributed by atoms with van der Waals surface area (Å²) in [6.45, 7) is 7.32. The molecule has 9 nitrogen and oxygen atoms in total. The van der Waals surface area contributed by atoms with Gasteiger partial charge in [-0.05, 0) is 68.9 Å². The van der Waals surface area contributed by atoms with E-state index in [0.29, 0.717) is 0 Å². The highest BCUT2D eigenvalue weighted by Gasteiger charge is 2.20. The molecule has 37 heavy (non-hydrogen) atoms. The molecule has 0 radical (unpaired) electrons. The van der Waals surface area contributed by atoms with E-state index >= 15 is 0 Å². The number of H-pyrrole nitrogens is 2. The van der Waals surface area contributed by atoms with E-state index in [-0.39, 0.29) is 0 Å². The van der Waals surface area contributed by atoms with Gasteiger partial charge in [0.2, 0.25) is 0 Å². The van der Waals surface area contributed by atoms with Crippen LogP contribution in [0.1, 0.15) is 18.4 Å². The number of anilines is 1. The van der Waals surface area contributed by atoms with E-state index in [2.05, 4.69) is 60.1 Å². The van der Waals surface area contributed by atoms with Gasteiger partial charge < -0.3 is 14.8 Å². The number of nitrogens with one attached hydrogen (secondary N) is 2. The molecule has 0 unspecified atom stereocenters. The monoisotopic (exact) mass is 493 g/mol. The van der Waals surface area contributed by atoms with Crippen LogP contribution in [0.25, 0.3) is 44.6 Å². The highest BCUT2D eigenvalue weighted by molar-refractivity contribution is 5.98. The number of aromatic amines is 2. The number of aromatic nitrogens is 6. The van der Waals surface area contributed by atoms with E-state index in [1.165, 1.54) is 31.5 Å². The van der Waals surface area contributed by atoms with Crippen LogP contribution < -0.4 is 4.90 Å². The Hall–Kier alpha value is -3.82. The Labute approximate surface area is 215 Å². The number of pyridine rings is 3. The number of fused-ring (bicyclic) bond motifs is 2. The maximum atomic E-state index is 5.05. The smallest absolute Gasteiger partial charge is 0.138 e. The van der Waals surface area contributed by atoms with E-state index in [9.17, 15) is 0 Å². The number of piperazine rings is 1. The minimum atomic E-state index is 0.818. The summed E-state index contributed by atoms with van der Waals surface area (Å²) in [5.74, 6) is 1.03. The molecule has 2 aliphatic rings.